The molecule has 0 saturated carbocycles. The van der Waals surface area contributed by atoms with Crippen molar-refractivity contribution in [3.05, 3.63) is 51.5 Å². The average molecular weight is 288 g/mol. The fourth-order valence-electron chi connectivity index (χ4n) is 2.61. The quantitative estimate of drug-likeness (QED) is 0.943. The van der Waals surface area contributed by atoms with E-state index < -0.39 is 5.97 Å². The van der Waals surface area contributed by atoms with Crippen LogP contribution in [0.3, 0.4) is 0 Å². The Morgan fingerprint density at radius 3 is 2.90 bits per heavy atom. The second-order valence-corrected chi connectivity index (χ2v) is 5.89. The summed E-state index contributed by atoms with van der Waals surface area (Å²) >= 11 is 1.20. The van der Waals surface area contributed by atoms with Crippen molar-refractivity contribution < 1.29 is 9.90 Å². The summed E-state index contributed by atoms with van der Waals surface area (Å²) < 4.78 is 0. The van der Waals surface area contributed by atoms with E-state index in [2.05, 4.69) is 34.1 Å². The van der Waals surface area contributed by atoms with E-state index in [1.165, 1.54) is 22.5 Å². The minimum absolute atomic E-state index is 0.176. The molecular weight excluding hydrogens is 272 g/mol. The lowest BCUT2D eigenvalue weighted by Crippen LogP contribution is -2.23. The number of aromatic carboxylic acids is 1. The van der Waals surface area contributed by atoms with Gasteiger partial charge < -0.3 is 5.11 Å². The Morgan fingerprint density at radius 2 is 2.15 bits per heavy atom. The molecule has 0 amide bonds. The first-order valence-corrected chi connectivity index (χ1v) is 7.57. The molecule has 0 unspecified atom stereocenters. The molecule has 0 radical (unpaired) electrons. The first-order valence-electron chi connectivity index (χ1n) is 6.69. The highest BCUT2D eigenvalue weighted by molar-refractivity contribution is 7.11. The summed E-state index contributed by atoms with van der Waals surface area (Å²) in [5.41, 5.74) is 3.66. The molecule has 0 bridgehead atoms. The molecule has 1 N–H and O–H groups in total. The predicted octanol–water partition coefficient (Wildman–Crippen LogP) is 2.79. The van der Waals surface area contributed by atoms with Gasteiger partial charge in [-0.1, -0.05) is 24.3 Å². The van der Waals surface area contributed by atoms with E-state index in [0.717, 1.165) is 38.2 Å². The summed E-state index contributed by atoms with van der Waals surface area (Å²) in [5.74, 6) is -0.942. The van der Waals surface area contributed by atoms with E-state index in [0.29, 0.717) is 0 Å². The van der Waals surface area contributed by atoms with Gasteiger partial charge in [0, 0.05) is 18.5 Å². The molecule has 5 heteroatoms. The summed E-state index contributed by atoms with van der Waals surface area (Å²) in [4.78, 5) is 17.4. The molecule has 104 valence electrons. The van der Waals surface area contributed by atoms with E-state index in [4.69, 9.17) is 5.11 Å². The smallest absolute Gasteiger partial charge is 0.365 e. The molecule has 1 aromatic carbocycles. The van der Waals surface area contributed by atoms with Gasteiger partial charge in [-0.2, -0.15) is 0 Å². The molecule has 2 aromatic rings. The fourth-order valence-corrected chi connectivity index (χ4v) is 3.26. The van der Waals surface area contributed by atoms with Crippen LogP contribution >= 0.6 is 11.3 Å². The van der Waals surface area contributed by atoms with Crippen LogP contribution in [-0.2, 0) is 19.5 Å². The maximum absolute atomic E-state index is 10.9. The fraction of sp³-hybridized carbons (Fsp3) is 0.333. The molecule has 1 aliphatic heterocycles. The van der Waals surface area contributed by atoms with Crippen molar-refractivity contribution >= 4 is 17.3 Å². The highest BCUT2D eigenvalue weighted by Crippen LogP contribution is 2.20. The van der Waals surface area contributed by atoms with Gasteiger partial charge in [0.25, 0.3) is 0 Å². The van der Waals surface area contributed by atoms with Crippen molar-refractivity contribution in [2.75, 3.05) is 6.54 Å². The van der Waals surface area contributed by atoms with Crippen LogP contribution in [0.15, 0.2) is 29.6 Å². The van der Waals surface area contributed by atoms with Crippen molar-refractivity contribution in [3.8, 4) is 0 Å². The first-order chi connectivity index (χ1) is 9.72. The summed E-state index contributed by atoms with van der Waals surface area (Å²) in [6.07, 6.45) is 2.25. The van der Waals surface area contributed by atoms with Crippen LogP contribution in [0.25, 0.3) is 0 Å². The number of hydrogen-bond acceptors (Lipinski definition) is 4. The topological polar surface area (TPSA) is 53.4 Å². The Morgan fingerprint density at radius 1 is 1.35 bits per heavy atom. The summed E-state index contributed by atoms with van der Waals surface area (Å²) in [7, 11) is 0. The lowest BCUT2D eigenvalue weighted by atomic mass is 10.0. The second kappa shape index (κ2) is 5.73. The van der Waals surface area contributed by atoms with E-state index in [1.54, 1.807) is 0 Å². The van der Waals surface area contributed by atoms with Gasteiger partial charge in [0.15, 0.2) is 0 Å². The maximum Gasteiger partial charge on any atom is 0.365 e. The molecule has 20 heavy (non-hydrogen) atoms. The Balaban J connectivity index is 1.73. The van der Waals surface area contributed by atoms with Crippen LogP contribution in [0.4, 0.5) is 0 Å². The van der Waals surface area contributed by atoms with Crippen LogP contribution in [-0.4, -0.2) is 27.5 Å². The summed E-state index contributed by atoms with van der Waals surface area (Å²) in [6.45, 7) is 2.66. The van der Waals surface area contributed by atoms with Crippen LogP contribution < -0.4 is 0 Å². The zero-order chi connectivity index (χ0) is 13.9. The number of nitrogens with zero attached hydrogens (tertiary/aromatic N) is 2. The normalized spacial score (nSPS) is 15.6. The number of carboxylic acid groups (broad SMARTS) is 1. The molecule has 0 spiro atoms. The van der Waals surface area contributed by atoms with Gasteiger partial charge >= 0.3 is 5.97 Å². The lowest BCUT2D eigenvalue weighted by molar-refractivity contribution is 0.0696. The van der Waals surface area contributed by atoms with Gasteiger partial charge in [-0.25, -0.2) is 9.78 Å². The van der Waals surface area contributed by atoms with E-state index in [-0.39, 0.29) is 5.01 Å². The number of carbonyl (C=O) groups is 1. The van der Waals surface area contributed by atoms with Gasteiger partial charge in [-0.3, -0.25) is 4.90 Å². The first kappa shape index (κ1) is 13.3. The molecule has 1 aliphatic rings. The zero-order valence-corrected chi connectivity index (χ0v) is 11.9. The molecule has 0 aliphatic carbocycles. The largest absolute Gasteiger partial charge is 0.476 e. The number of carboxylic acids is 1. The Labute approximate surface area is 121 Å². The number of aryl methyl sites for hydroxylation is 1. The third kappa shape index (κ3) is 2.89. The van der Waals surface area contributed by atoms with Crippen LogP contribution in [0, 0.1) is 0 Å². The van der Waals surface area contributed by atoms with Gasteiger partial charge in [-0.05, 0) is 30.5 Å². The third-order valence-electron chi connectivity index (χ3n) is 3.55. The standard InChI is InChI=1S/C15H16N2O2S/c18-15(19)14-16-13(10-20-14)9-17-7-3-6-11-4-1-2-5-12(11)8-17/h1-2,4-5,10H,3,6-9H2,(H,18,19). The average Bonchev–Trinajstić information content (AvgIpc) is 2.80. The highest BCUT2D eigenvalue weighted by atomic mass is 32.1. The minimum Gasteiger partial charge on any atom is -0.476 e. The third-order valence-corrected chi connectivity index (χ3v) is 4.43. The minimum atomic E-state index is -0.942. The second-order valence-electron chi connectivity index (χ2n) is 5.03. The van der Waals surface area contributed by atoms with Gasteiger partial charge in [0.2, 0.25) is 5.01 Å². The molecule has 1 aromatic heterocycles. The predicted molar refractivity (Wildman–Crippen MR) is 78.0 cm³/mol. The Hall–Kier alpha value is -1.72. The van der Waals surface area contributed by atoms with Crippen molar-refractivity contribution in [3.63, 3.8) is 0 Å². The highest BCUT2D eigenvalue weighted by Gasteiger charge is 2.16. The number of fused-ring (bicyclic) bond motifs is 1. The molecule has 4 nitrogen and oxygen atoms in total. The SMILES string of the molecule is O=C(O)c1nc(CN2CCCc3ccccc3C2)cs1. The van der Waals surface area contributed by atoms with Crippen LogP contribution in [0.1, 0.15) is 33.0 Å². The van der Waals surface area contributed by atoms with Gasteiger partial charge in [0.1, 0.15) is 0 Å². The van der Waals surface area contributed by atoms with Gasteiger partial charge in [-0.15, -0.1) is 11.3 Å². The van der Waals surface area contributed by atoms with E-state index in [1.807, 2.05) is 5.38 Å². The molecule has 0 saturated heterocycles. The maximum atomic E-state index is 10.9. The molecule has 0 fully saturated rings. The van der Waals surface area contributed by atoms with Crippen LogP contribution in [0.5, 0.6) is 0 Å². The number of rotatable bonds is 3. The van der Waals surface area contributed by atoms with Crippen molar-refractivity contribution in [1.29, 1.82) is 0 Å². The lowest BCUT2D eigenvalue weighted by Gasteiger charge is -2.19. The number of hydrogen-bond donors (Lipinski definition) is 1. The van der Waals surface area contributed by atoms with Crippen molar-refractivity contribution in [1.82, 2.24) is 9.88 Å². The summed E-state index contributed by atoms with van der Waals surface area (Å²) in [5, 5.41) is 10.9. The van der Waals surface area contributed by atoms with Crippen LogP contribution in [0.2, 0.25) is 0 Å². The number of benzene rings is 1. The number of thiazole rings is 1. The molecule has 0 atom stereocenters. The zero-order valence-electron chi connectivity index (χ0n) is 11.1. The molecule has 2 heterocycles. The Bertz CT molecular complexity index is 624. The molecular formula is C15H16N2O2S. The molecule has 3 rings (SSSR count). The van der Waals surface area contributed by atoms with E-state index in [9.17, 15) is 4.79 Å². The van der Waals surface area contributed by atoms with Crippen molar-refractivity contribution in [2.45, 2.75) is 25.9 Å². The van der Waals surface area contributed by atoms with Crippen molar-refractivity contribution in [2.24, 2.45) is 0 Å². The van der Waals surface area contributed by atoms with Gasteiger partial charge in [0.05, 0.1) is 5.69 Å². The number of aromatic nitrogens is 1. The summed E-state index contributed by atoms with van der Waals surface area (Å²) in [6, 6.07) is 8.54. The van der Waals surface area contributed by atoms with E-state index >= 15 is 0 Å². The Kier molecular flexibility index (Phi) is 3.80. The monoisotopic (exact) mass is 288 g/mol.